The van der Waals surface area contributed by atoms with Crippen molar-refractivity contribution in [3.63, 3.8) is 0 Å². The predicted molar refractivity (Wildman–Crippen MR) is 58.6 cm³/mol. The Labute approximate surface area is 96.9 Å². The molecule has 0 aliphatic heterocycles. The second-order valence-corrected chi connectivity index (χ2v) is 4.77. The number of fused-ring (bicyclic) bond motifs is 1. The molecule has 0 saturated carbocycles. The Balaban J connectivity index is 2.53. The summed E-state index contributed by atoms with van der Waals surface area (Å²) in [6.07, 6.45) is 2.56. The Morgan fingerprint density at radius 3 is 2.88 bits per heavy atom. The van der Waals surface area contributed by atoms with Crippen LogP contribution in [0.3, 0.4) is 0 Å². The van der Waals surface area contributed by atoms with Gasteiger partial charge < -0.3 is 11.1 Å². The largest absolute Gasteiger partial charge is 0.398 e. The van der Waals surface area contributed by atoms with Crippen molar-refractivity contribution >= 4 is 21.8 Å². The predicted octanol–water partition coefficient (Wildman–Crippen LogP) is -0.331. The molecule has 0 amide bonds. The topological polar surface area (TPSA) is 142 Å². The van der Waals surface area contributed by atoms with E-state index in [0.29, 0.717) is 11.3 Å². The fourth-order valence-corrected chi connectivity index (χ4v) is 2.26. The molecule has 0 bridgehead atoms. The van der Waals surface area contributed by atoms with Crippen LogP contribution in [0.5, 0.6) is 0 Å². The Morgan fingerprint density at radius 1 is 1.65 bits per heavy atom. The fourth-order valence-electron chi connectivity index (χ4n) is 1.69. The van der Waals surface area contributed by atoms with Gasteiger partial charge in [-0.1, -0.05) is 0 Å². The lowest BCUT2D eigenvalue weighted by molar-refractivity contribution is 0.188. The number of nitrogens with zero attached hydrogens (tertiary/aromatic N) is 1. The zero-order chi connectivity index (χ0) is 12.8. The summed E-state index contributed by atoms with van der Waals surface area (Å²) in [6, 6.07) is 0. The van der Waals surface area contributed by atoms with Gasteiger partial charge in [0.1, 0.15) is 5.60 Å². The summed E-state index contributed by atoms with van der Waals surface area (Å²) in [5.41, 5.74) is 4.83. The number of nitrogens with one attached hydrogen (secondary N) is 2. The van der Waals surface area contributed by atoms with Crippen LogP contribution in [-0.2, 0) is 14.6 Å². The van der Waals surface area contributed by atoms with E-state index in [1.54, 1.807) is 0 Å². The van der Waals surface area contributed by atoms with Crippen LogP contribution in [0, 0.1) is 5.41 Å². The summed E-state index contributed by atoms with van der Waals surface area (Å²) in [7, 11) is -4.70. The molecule has 0 spiro atoms. The van der Waals surface area contributed by atoms with Gasteiger partial charge in [0.15, 0.2) is 0 Å². The molecular weight excluding hydrogens is 248 g/mol. The molecule has 1 heterocycles. The highest BCUT2D eigenvalue weighted by atomic mass is 32.3. The molecule has 1 unspecified atom stereocenters. The second-order valence-electron chi connectivity index (χ2n) is 3.75. The first-order chi connectivity index (χ1) is 7.73. The van der Waals surface area contributed by atoms with Crippen molar-refractivity contribution in [3.05, 3.63) is 23.5 Å². The van der Waals surface area contributed by atoms with Gasteiger partial charge in [-0.05, 0) is 13.0 Å². The fraction of sp³-hybridized carbons (Fsp3) is 0.250. The van der Waals surface area contributed by atoms with Gasteiger partial charge in [-0.25, -0.2) is 4.18 Å². The quantitative estimate of drug-likeness (QED) is 0.535. The third kappa shape index (κ3) is 1.95. The van der Waals surface area contributed by atoms with Crippen LogP contribution < -0.4 is 5.73 Å². The highest BCUT2D eigenvalue weighted by molar-refractivity contribution is 7.81. The van der Waals surface area contributed by atoms with E-state index in [9.17, 15) is 8.42 Å². The van der Waals surface area contributed by atoms with Crippen molar-refractivity contribution in [1.82, 2.24) is 10.2 Å². The third-order valence-electron chi connectivity index (χ3n) is 2.40. The number of rotatable bonds is 2. The number of aromatic amines is 1. The second kappa shape index (κ2) is 3.39. The first-order valence-corrected chi connectivity index (χ1v) is 5.89. The maximum Gasteiger partial charge on any atom is 0.398 e. The van der Waals surface area contributed by atoms with E-state index in [1.807, 2.05) is 0 Å². The Hall–Kier alpha value is -1.71. The highest BCUT2D eigenvalue weighted by Crippen LogP contribution is 2.30. The number of hydrogen-bond acceptors (Lipinski definition) is 6. The number of nitrogens with two attached hydrogens (primary N) is 1. The number of aromatic nitrogens is 2. The molecule has 0 radical (unpaired) electrons. The lowest BCUT2D eigenvalue weighted by atomic mass is 9.87. The van der Waals surface area contributed by atoms with E-state index in [0.717, 1.165) is 0 Å². The maximum atomic E-state index is 10.8. The summed E-state index contributed by atoms with van der Waals surface area (Å²) in [5.74, 6) is 0. The normalized spacial score (nSPS) is 24.4. The van der Waals surface area contributed by atoms with Gasteiger partial charge in [-0.2, -0.15) is 13.5 Å². The molecule has 1 aliphatic rings. The molecular formula is C8H10N4O4S. The third-order valence-corrected chi connectivity index (χ3v) is 2.96. The standard InChI is InChI=1S/C8H10N4O4S/c1-8(16-17(13,14)15)2-5(9)6-4(7(8)10)3-11-12-6/h2-3,10H,9H2,1H3,(H,11,12)(H,13,14,15). The molecule has 0 fully saturated rings. The van der Waals surface area contributed by atoms with Crippen LogP contribution in [-0.4, -0.2) is 34.5 Å². The van der Waals surface area contributed by atoms with E-state index in [1.165, 1.54) is 19.2 Å². The summed E-state index contributed by atoms with van der Waals surface area (Å²) in [6.45, 7) is 1.31. The summed E-state index contributed by atoms with van der Waals surface area (Å²) < 4.78 is 34.7. The molecule has 0 aromatic carbocycles. The molecule has 9 heteroatoms. The molecule has 17 heavy (non-hydrogen) atoms. The smallest absolute Gasteiger partial charge is 0.397 e. The summed E-state index contributed by atoms with van der Waals surface area (Å²) in [5, 5.41) is 14.1. The summed E-state index contributed by atoms with van der Waals surface area (Å²) in [4.78, 5) is 0. The molecule has 92 valence electrons. The lowest BCUT2D eigenvalue weighted by Crippen LogP contribution is -2.41. The molecule has 0 saturated heterocycles. The first kappa shape index (κ1) is 11.8. The monoisotopic (exact) mass is 258 g/mol. The Bertz CT molecular complexity index is 617. The van der Waals surface area contributed by atoms with Crippen LogP contribution >= 0.6 is 0 Å². The van der Waals surface area contributed by atoms with Crippen molar-refractivity contribution in [2.45, 2.75) is 12.5 Å². The van der Waals surface area contributed by atoms with Crippen LogP contribution in [0.4, 0.5) is 0 Å². The maximum absolute atomic E-state index is 10.8. The Kier molecular flexibility index (Phi) is 2.35. The van der Waals surface area contributed by atoms with Crippen LogP contribution in [0.1, 0.15) is 18.2 Å². The lowest BCUT2D eigenvalue weighted by Gasteiger charge is -2.28. The van der Waals surface area contributed by atoms with Crippen molar-refractivity contribution in [2.24, 2.45) is 5.73 Å². The van der Waals surface area contributed by atoms with Gasteiger partial charge in [0, 0.05) is 5.56 Å². The van der Waals surface area contributed by atoms with Gasteiger partial charge in [0.05, 0.1) is 23.3 Å². The van der Waals surface area contributed by atoms with Gasteiger partial charge in [-0.3, -0.25) is 9.65 Å². The molecule has 5 N–H and O–H groups in total. The van der Waals surface area contributed by atoms with Gasteiger partial charge in [-0.15, -0.1) is 0 Å². The van der Waals surface area contributed by atoms with Crippen molar-refractivity contribution in [1.29, 1.82) is 5.41 Å². The minimum Gasteiger partial charge on any atom is -0.397 e. The average Bonchev–Trinajstić information content (AvgIpc) is 2.59. The average molecular weight is 258 g/mol. The zero-order valence-corrected chi connectivity index (χ0v) is 9.58. The van der Waals surface area contributed by atoms with E-state index >= 15 is 0 Å². The van der Waals surface area contributed by atoms with Gasteiger partial charge >= 0.3 is 10.4 Å². The van der Waals surface area contributed by atoms with E-state index in [4.69, 9.17) is 15.7 Å². The van der Waals surface area contributed by atoms with Gasteiger partial charge in [0.25, 0.3) is 0 Å². The van der Waals surface area contributed by atoms with Crippen LogP contribution in [0.25, 0.3) is 5.70 Å². The molecule has 1 aliphatic carbocycles. The van der Waals surface area contributed by atoms with Crippen molar-refractivity contribution < 1.29 is 17.2 Å². The van der Waals surface area contributed by atoms with E-state index < -0.39 is 16.0 Å². The number of hydrogen-bond donors (Lipinski definition) is 4. The number of H-pyrrole nitrogens is 1. The minimum atomic E-state index is -4.70. The van der Waals surface area contributed by atoms with Crippen LogP contribution in [0.2, 0.25) is 0 Å². The van der Waals surface area contributed by atoms with E-state index in [2.05, 4.69) is 14.4 Å². The van der Waals surface area contributed by atoms with Gasteiger partial charge in [0.2, 0.25) is 0 Å². The minimum absolute atomic E-state index is 0.159. The van der Waals surface area contributed by atoms with Crippen molar-refractivity contribution in [3.8, 4) is 0 Å². The highest BCUT2D eigenvalue weighted by Gasteiger charge is 2.40. The first-order valence-electron chi connectivity index (χ1n) is 4.52. The summed E-state index contributed by atoms with van der Waals surface area (Å²) >= 11 is 0. The van der Waals surface area contributed by atoms with Crippen LogP contribution in [0.15, 0.2) is 12.3 Å². The molecule has 1 atom stereocenters. The molecule has 2 rings (SSSR count). The van der Waals surface area contributed by atoms with E-state index in [-0.39, 0.29) is 11.4 Å². The molecule has 1 aromatic heterocycles. The molecule has 1 aromatic rings. The Morgan fingerprint density at radius 2 is 2.29 bits per heavy atom. The van der Waals surface area contributed by atoms with Crippen molar-refractivity contribution in [2.75, 3.05) is 0 Å². The SMILES string of the molecule is CC1(OS(=O)(=O)O)C=C(N)c2[nH]ncc2C1=N. The zero-order valence-electron chi connectivity index (χ0n) is 8.76. The molecule has 8 nitrogen and oxygen atoms in total.